The molecular weight excluding hydrogens is 955 g/mol. The van der Waals surface area contributed by atoms with Gasteiger partial charge in [0, 0.05) is 96.7 Å². The molecule has 0 spiro atoms. The number of benzene rings is 3. The highest BCUT2D eigenvalue weighted by atomic mass is 16.2. The topological polar surface area (TPSA) is 291 Å². The molecule has 0 saturated carbocycles. The van der Waals surface area contributed by atoms with Crippen LogP contribution in [0.15, 0.2) is 120 Å². The minimum absolute atomic E-state index is 0.0211. The Morgan fingerprint density at radius 1 is 0.440 bits per heavy atom. The quantitative estimate of drug-likeness (QED) is 0.183. The number of nitrogens with two attached hydrogens (primary N) is 3. The molecule has 75 heavy (non-hydrogen) atoms. The number of hydrogen-bond donors (Lipinski definition) is 3. The molecule has 3 fully saturated rings. The summed E-state index contributed by atoms with van der Waals surface area (Å²) in [6.45, 7) is 4.76. The third kappa shape index (κ3) is 12.6. The summed E-state index contributed by atoms with van der Waals surface area (Å²) in [5, 5.41) is 27.9. The lowest BCUT2D eigenvalue weighted by atomic mass is 10.1. The first-order valence-electron chi connectivity index (χ1n) is 24.9. The number of aromatic nitrogens is 6. The van der Waals surface area contributed by atoms with Crippen molar-refractivity contribution in [3.05, 3.63) is 187 Å². The maximum Gasteiger partial charge on any atom is 0.332 e. The van der Waals surface area contributed by atoms with E-state index in [4.69, 9.17) is 17.2 Å². The lowest BCUT2D eigenvalue weighted by molar-refractivity contribution is 0.491. The molecule has 6 N–H and O–H groups in total. The van der Waals surface area contributed by atoms with Crippen LogP contribution in [0.1, 0.15) is 71.9 Å². The van der Waals surface area contributed by atoms with Gasteiger partial charge in [-0.3, -0.25) is 41.8 Å². The minimum atomic E-state index is -0.394. The third-order valence-electron chi connectivity index (χ3n) is 13.9. The number of anilines is 3. The minimum Gasteiger partial charge on any atom is -0.356 e. The van der Waals surface area contributed by atoms with Crippen LogP contribution in [0.4, 0.5) is 17.5 Å². The van der Waals surface area contributed by atoms with Crippen LogP contribution >= 0.6 is 0 Å². The summed E-state index contributed by atoms with van der Waals surface area (Å²) in [6, 6.07) is 32.4. The number of hydrogen-bond acceptors (Lipinski definition) is 15. The van der Waals surface area contributed by atoms with Gasteiger partial charge >= 0.3 is 17.1 Å². The highest BCUT2D eigenvalue weighted by Gasteiger charge is 2.25. The average molecular weight is 1020 g/mol. The number of rotatable bonds is 9. The van der Waals surface area contributed by atoms with Crippen molar-refractivity contribution in [1.29, 1.82) is 15.8 Å². The Morgan fingerprint density at radius 3 is 0.933 bits per heavy atom. The molecule has 0 radical (unpaired) electrons. The molecule has 6 heterocycles. The first-order chi connectivity index (χ1) is 36.0. The van der Waals surface area contributed by atoms with E-state index in [0.717, 1.165) is 88.6 Å². The molecule has 0 aliphatic carbocycles. The zero-order chi connectivity index (χ0) is 53.9. The fourth-order valence-electron chi connectivity index (χ4n) is 9.67. The van der Waals surface area contributed by atoms with E-state index >= 15 is 0 Å². The molecule has 6 aromatic rings. The third-order valence-corrected chi connectivity index (χ3v) is 13.9. The lowest BCUT2D eigenvalue weighted by Crippen LogP contribution is -2.47. The molecule has 3 aromatic carbocycles. The first-order valence-corrected chi connectivity index (χ1v) is 24.9. The number of piperidine rings is 3. The van der Waals surface area contributed by atoms with Gasteiger partial charge in [-0.2, -0.15) is 15.8 Å². The van der Waals surface area contributed by atoms with Crippen molar-refractivity contribution in [1.82, 2.24) is 27.4 Å². The van der Waals surface area contributed by atoms with Gasteiger partial charge in [0.25, 0.3) is 16.7 Å². The van der Waals surface area contributed by atoms with E-state index in [-0.39, 0.29) is 54.4 Å². The van der Waals surface area contributed by atoms with Crippen molar-refractivity contribution >= 4 is 17.5 Å². The van der Waals surface area contributed by atoms with Crippen LogP contribution in [0.5, 0.6) is 0 Å². The molecule has 390 valence electrons. The molecule has 0 unspecified atom stereocenters. The van der Waals surface area contributed by atoms with E-state index in [1.54, 1.807) is 50.1 Å². The van der Waals surface area contributed by atoms with E-state index in [2.05, 4.69) is 18.2 Å². The first kappa shape index (κ1) is 54.2. The summed E-state index contributed by atoms with van der Waals surface area (Å²) in [5.74, 6) is 1.70. The van der Waals surface area contributed by atoms with E-state index in [0.29, 0.717) is 53.8 Å². The van der Waals surface area contributed by atoms with Gasteiger partial charge in [0.05, 0.1) is 54.5 Å². The number of nitrogens with zero attached hydrogens (tertiary/aromatic N) is 12. The van der Waals surface area contributed by atoms with E-state index < -0.39 is 17.1 Å². The average Bonchev–Trinajstić information content (AvgIpc) is 3.41. The lowest BCUT2D eigenvalue weighted by Gasteiger charge is -2.34. The van der Waals surface area contributed by atoms with Gasteiger partial charge in [-0.15, -0.1) is 0 Å². The van der Waals surface area contributed by atoms with Crippen molar-refractivity contribution < 1.29 is 0 Å². The fourth-order valence-corrected chi connectivity index (χ4v) is 9.67. The molecule has 21 nitrogen and oxygen atoms in total. The van der Waals surface area contributed by atoms with Crippen molar-refractivity contribution in [3.8, 4) is 18.2 Å². The van der Waals surface area contributed by atoms with Gasteiger partial charge in [-0.25, -0.2) is 14.4 Å². The predicted molar refractivity (Wildman–Crippen MR) is 287 cm³/mol. The van der Waals surface area contributed by atoms with Gasteiger partial charge < -0.3 is 31.9 Å². The summed E-state index contributed by atoms with van der Waals surface area (Å²) in [5.41, 5.74) is 19.8. The van der Waals surface area contributed by atoms with Crippen LogP contribution in [-0.2, 0) is 40.8 Å². The maximum absolute atomic E-state index is 12.7. The van der Waals surface area contributed by atoms with Gasteiger partial charge in [-0.05, 0) is 73.4 Å². The summed E-state index contributed by atoms with van der Waals surface area (Å²) < 4.78 is 7.91. The Hall–Kier alpha value is -8.55. The van der Waals surface area contributed by atoms with Crippen LogP contribution in [0.2, 0.25) is 0 Å². The van der Waals surface area contributed by atoms with Crippen LogP contribution in [0.3, 0.4) is 0 Å². The predicted octanol–water partition coefficient (Wildman–Crippen LogP) is 1.18. The Morgan fingerprint density at radius 2 is 0.693 bits per heavy atom. The second-order valence-corrected chi connectivity index (χ2v) is 19.2. The zero-order valence-corrected chi connectivity index (χ0v) is 42.5. The molecule has 3 aromatic heterocycles. The molecule has 3 saturated heterocycles. The van der Waals surface area contributed by atoms with Crippen molar-refractivity contribution in [3.63, 3.8) is 0 Å². The molecule has 9 rings (SSSR count). The molecule has 0 amide bonds. The largest absolute Gasteiger partial charge is 0.356 e. The highest BCUT2D eigenvalue weighted by molar-refractivity contribution is 5.46. The summed E-state index contributed by atoms with van der Waals surface area (Å²) in [7, 11) is 4.38. The van der Waals surface area contributed by atoms with Gasteiger partial charge in [-0.1, -0.05) is 54.6 Å². The van der Waals surface area contributed by atoms with Gasteiger partial charge in [0.2, 0.25) is 0 Å². The van der Waals surface area contributed by atoms with Crippen molar-refractivity contribution in [2.45, 2.75) is 76.3 Å². The SMILES string of the molecule is Cn1c(=O)cc(N2CCC[C@@H](N)C2)n(Cc2ccccc2C#N)c1=O.Cn1c(=O)cc(N2CCC[C@@H](N)C2)n(Cc2ccccc2C#N)c1=O.Cn1c(=O)cc(N2CCC[C@@H](N)C2)n(Cc2ccccc2C#N)c1=O. The molecule has 3 aliphatic rings. The fraction of sp³-hybridized carbons (Fsp3) is 0.389. The maximum atomic E-state index is 12.7. The van der Waals surface area contributed by atoms with Crippen molar-refractivity contribution in [2.75, 3.05) is 54.0 Å². The van der Waals surface area contributed by atoms with E-state index in [1.165, 1.54) is 39.3 Å². The standard InChI is InChI=1S/3C18H21N5O2/c3*1-21-17(24)9-16(22-8-4-7-15(20)12-22)23(18(21)25)11-14-6-3-2-5-13(14)10-19/h3*2-3,5-6,9,15H,4,7-8,11-12,20H2,1H3/t3*15-/m111/s1. The van der Waals surface area contributed by atoms with Gasteiger partial charge in [0.1, 0.15) is 17.5 Å². The van der Waals surface area contributed by atoms with Crippen LogP contribution < -0.4 is 65.6 Å². The summed E-state index contributed by atoms with van der Waals surface area (Å²) in [4.78, 5) is 80.6. The second kappa shape index (κ2) is 24.4. The second-order valence-electron chi connectivity index (χ2n) is 19.2. The van der Waals surface area contributed by atoms with E-state index in [9.17, 15) is 44.6 Å². The molecule has 21 heteroatoms. The van der Waals surface area contributed by atoms with Gasteiger partial charge in [0.15, 0.2) is 0 Å². The molecular formula is C54H63N15O6. The van der Waals surface area contributed by atoms with Crippen LogP contribution in [0.25, 0.3) is 0 Å². The molecule has 3 aliphatic heterocycles. The monoisotopic (exact) mass is 1020 g/mol. The van der Waals surface area contributed by atoms with Crippen LogP contribution in [0, 0.1) is 34.0 Å². The van der Waals surface area contributed by atoms with Crippen molar-refractivity contribution in [2.24, 2.45) is 38.3 Å². The summed E-state index contributed by atoms with van der Waals surface area (Å²) >= 11 is 0. The highest BCUT2D eigenvalue weighted by Crippen LogP contribution is 2.22. The smallest absolute Gasteiger partial charge is 0.332 e. The van der Waals surface area contributed by atoms with E-state index in [1.807, 2.05) is 51.1 Å². The normalized spacial score (nSPS) is 17.3. The Kier molecular flexibility index (Phi) is 17.7. The number of nitriles is 3. The zero-order valence-electron chi connectivity index (χ0n) is 42.5. The van der Waals surface area contributed by atoms with Crippen LogP contribution in [-0.4, -0.2) is 84.8 Å². The molecule has 0 bridgehead atoms. The Balaban J connectivity index is 0.000000164. The Labute approximate surface area is 432 Å². The Bertz CT molecular complexity index is 3180. The summed E-state index contributed by atoms with van der Waals surface area (Å²) in [6.07, 6.45) is 5.55. The molecule has 3 atom stereocenters.